The van der Waals surface area contributed by atoms with E-state index in [9.17, 15) is 15.0 Å². The zero-order valence-electron chi connectivity index (χ0n) is 10.5. The van der Waals surface area contributed by atoms with Crippen molar-refractivity contribution in [1.29, 1.82) is 0 Å². The lowest BCUT2D eigenvalue weighted by molar-refractivity contribution is -0.0522. The molecule has 11 heteroatoms. The number of halogens is 1. The molecule has 0 bridgehead atoms. The van der Waals surface area contributed by atoms with Gasteiger partial charge in [-0.25, -0.2) is 4.98 Å². The highest BCUT2D eigenvalue weighted by atomic mass is 127. The van der Waals surface area contributed by atoms with Crippen molar-refractivity contribution in [1.82, 2.24) is 19.5 Å². The number of nitrogen functional groups attached to an aromatic ring is 1. The van der Waals surface area contributed by atoms with Crippen LogP contribution < -0.4 is 11.3 Å². The quantitative estimate of drug-likeness (QED) is 0.279. The molecule has 114 valence electrons. The maximum atomic E-state index is 11.8. The topological polar surface area (TPSA) is 160 Å². The van der Waals surface area contributed by atoms with Gasteiger partial charge in [0.25, 0.3) is 5.56 Å². The fourth-order valence-corrected chi connectivity index (χ4v) is 3.04. The number of nitrogens with zero attached hydrogens (tertiary/aromatic N) is 3. The lowest BCUT2D eigenvalue weighted by atomic mass is 10.1. The van der Waals surface area contributed by atoms with Crippen molar-refractivity contribution in [2.75, 3.05) is 12.3 Å². The van der Waals surface area contributed by atoms with E-state index in [4.69, 9.17) is 15.6 Å². The summed E-state index contributed by atoms with van der Waals surface area (Å²) in [6.07, 6.45) is -4.51. The minimum atomic E-state index is -1.30. The van der Waals surface area contributed by atoms with Gasteiger partial charge in [0.15, 0.2) is 21.2 Å². The SMILES string of the molecule is Nc1nc2c(nc(I)n2[C@@H]2O[C@@H](CO)[C@H](O)[C@@H]2O)c(=O)[nH]1. The number of aliphatic hydroxyl groups is 3. The van der Waals surface area contributed by atoms with E-state index in [0.717, 1.165) is 0 Å². The molecular formula is C10H12IN5O5. The Balaban J connectivity index is 2.17. The lowest BCUT2D eigenvalue weighted by Crippen LogP contribution is -2.33. The first-order chi connectivity index (χ1) is 9.93. The number of imidazole rings is 1. The van der Waals surface area contributed by atoms with Gasteiger partial charge in [0, 0.05) is 22.6 Å². The number of rotatable bonds is 2. The van der Waals surface area contributed by atoms with Crippen LogP contribution >= 0.6 is 22.6 Å². The van der Waals surface area contributed by atoms with E-state index >= 15 is 0 Å². The number of nitrogens with two attached hydrogens (primary N) is 1. The molecular weight excluding hydrogens is 397 g/mol. The largest absolute Gasteiger partial charge is 0.394 e. The Hall–Kier alpha value is -1.28. The second-order valence-electron chi connectivity index (χ2n) is 4.60. The minimum Gasteiger partial charge on any atom is -0.394 e. The molecule has 10 nitrogen and oxygen atoms in total. The molecule has 0 aliphatic carbocycles. The number of aromatic nitrogens is 4. The second kappa shape index (κ2) is 5.17. The maximum Gasteiger partial charge on any atom is 0.280 e. The lowest BCUT2D eigenvalue weighted by Gasteiger charge is -2.17. The predicted molar refractivity (Wildman–Crippen MR) is 78.3 cm³/mol. The van der Waals surface area contributed by atoms with Gasteiger partial charge in [-0.05, 0) is 0 Å². The van der Waals surface area contributed by atoms with E-state index in [1.165, 1.54) is 4.57 Å². The van der Waals surface area contributed by atoms with Crippen molar-refractivity contribution in [3.63, 3.8) is 0 Å². The van der Waals surface area contributed by atoms with Crippen molar-refractivity contribution in [3.05, 3.63) is 14.2 Å². The van der Waals surface area contributed by atoms with Gasteiger partial charge in [-0.15, -0.1) is 0 Å². The summed E-state index contributed by atoms with van der Waals surface area (Å²) in [7, 11) is 0. The number of aliphatic hydroxyl groups excluding tert-OH is 3. The Morgan fingerprint density at radius 2 is 2.10 bits per heavy atom. The summed E-state index contributed by atoms with van der Waals surface area (Å²) in [6, 6.07) is 0. The van der Waals surface area contributed by atoms with E-state index < -0.39 is 36.7 Å². The molecule has 2 aromatic heterocycles. The Bertz CT molecular complexity index is 745. The van der Waals surface area contributed by atoms with E-state index in [2.05, 4.69) is 15.0 Å². The van der Waals surface area contributed by atoms with Crippen LogP contribution in [0.25, 0.3) is 11.2 Å². The highest BCUT2D eigenvalue weighted by Crippen LogP contribution is 2.32. The molecule has 21 heavy (non-hydrogen) atoms. The molecule has 0 spiro atoms. The van der Waals surface area contributed by atoms with Crippen molar-refractivity contribution in [3.8, 4) is 0 Å². The third-order valence-electron chi connectivity index (χ3n) is 3.30. The second-order valence-corrected chi connectivity index (χ2v) is 5.57. The van der Waals surface area contributed by atoms with E-state index in [0.29, 0.717) is 3.83 Å². The maximum absolute atomic E-state index is 11.8. The van der Waals surface area contributed by atoms with Gasteiger partial charge >= 0.3 is 0 Å². The van der Waals surface area contributed by atoms with Crippen LogP contribution in [-0.4, -0.2) is 59.8 Å². The average Bonchev–Trinajstić information content (AvgIpc) is 2.89. The Labute approximate surface area is 130 Å². The van der Waals surface area contributed by atoms with Gasteiger partial charge in [0.05, 0.1) is 6.61 Å². The Morgan fingerprint density at radius 1 is 1.38 bits per heavy atom. The summed E-state index contributed by atoms with van der Waals surface area (Å²) >= 11 is 1.85. The van der Waals surface area contributed by atoms with Crippen molar-refractivity contribution in [2.45, 2.75) is 24.5 Å². The van der Waals surface area contributed by atoms with Gasteiger partial charge in [0.1, 0.15) is 18.3 Å². The summed E-state index contributed by atoms with van der Waals surface area (Å²) in [5.41, 5.74) is 5.18. The van der Waals surface area contributed by atoms with E-state index in [1.807, 2.05) is 22.6 Å². The van der Waals surface area contributed by atoms with Crippen LogP contribution in [-0.2, 0) is 4.74 Å². The summed E-state index contributed by atoms with van der Waals surface area (Å²) in [5, 5.41) is 29.0. The fourth-order valence-electron chi connectivity index (χ4n) is 2.29. The number of hydrogen-bond acceptors (Lipinski definition) is 8. The molecule has 1 fully saturated rings. The normalized spacial score (nSPS) is 29.3. The molecule has 0 saturated carbocycles. The van der Waals surface area contributed by atoms with Crippen LogP contribution in [0, 0.1) is 3.83 Å². The Kier molecular flexibility index (Phi) is 3.61. The number of anilines is 1. The molecule has 0 unspecified atom stereocenters. The summed E-state index contributed by atoms with van der Waals surface area (Å²) in [5.74, 6) is -0.100. The first-order valence-electron chi connectivity index (χ1n) is 5.99. The van der Waals surface area contributed by atoms with Gasteiger partial charge in [-0.2, -0.15) is 4.98 Å². The van der Waals surface area contributed by atoms with Crippen molar-refractivity contribution in [2.24, 2.45) is 0 Å². The molecule has 4 atom stereocenters. The molecule has 3 rings (SSSR count). The average molecular weight is 409 g/mol. The molecule has 0 amide bonds. The number of H-pyrrole nitrogens is 1. The van der Waals surface area contributed by atoms with Crippen LogP contribution in [0.15, 0.2) is 4.79 Å². The molecule has 6 N–H and O–H groups in total. The fraction of sp³-hybridized carbons (Fsp3) is 0.500. The van der Waals surface area contributed by atoms with Gasteiger partial charge < -0.3 is 25.8 Å². The van der Waals surface area contributed by atoms with Crippen molar-refractivity contribution < 1.29 is 20.1 Å². The zero-order chi connectivity index (χ0) is 15.3. The molecule has 1 saturated heterocycles. The molecule has 3 heterocycles. The van der Waals surface area contributed by atoms with Gasteiger partial charge in [0.2, 0.25) is 5.95 Å². The molecule has 0 radical (unpaired) electrons. The van der Waals surface area contributed by atoms with Crippen LogP contribution in [0.3, 0.4) is 0 Å². The van der Waals surface area contributed by atoms with Crippen LogP contribution in [0.2, 0.25) is 0 Å². The molecule has 1 aliphatic heterocycles. The molecule has 2 aromatic rings. The van der Waals surface area contributed by atoms with Crippen molar-refractivity contribution >= 4 is 39.7 Å². The van der Waals surface area contributed by atoms with Crippen LogP contribution in [0.5, 0.6) is 0 Å². The van der Waals surface area contributed by atoms with Gasteiger partial charge in [-0.1, -0.05) is 0 Å². The minimum absolute atomic E-state index is 0.0475. The highest BCUT2D eigenvalue weighted by Gasteiger charge is 2.44. The summed E-state index contributed by atoms with van der Waals surface area (Å²) in [6.45, 7) is -0.450. The standard InChI is InChI=1S/C10H12IN5O5/c11-9-13-3-6(14-10(12)15-7(3)20)16(9)8-5(19)4(18)2(1-17)21-8/h2,4-5,8,17-19H,1H2,(H3,12,14,15,20)/t2-,4-,5-,8+/m0/s1. The highest BCUT2D eigenvalue weighted by molar-refractivity contribution is 14.1. The Morgan fingerprint density at radius 3 is 2.71 bits per heavy atom. The number of nitrogens with one attached hydrogen (secondary N) is 1. The summed E-state index contributed by atoms with van der Waals surface area (Å²) < 4.78 is 7.12. The molecule has 0 aromatic carbocycles. The first-order valence-corrected chi connectivity index (χ1v) is 7.07. The first kappa shape index (κ1) is 14.6. The molecule has 1 aliphatic rings. The van der Waals surface area contributed by atoms with Crippen LogP contribution in [0.1, 0.15) is 6.23 Å². The van der Waals surface area contributed by atoms with Gasteiger partial charge in [-0.3, -0.25) is 14.3 Å². The number of fused-ring (bicyclic) bond motifs is 1. The third-order valence-corrected chi connectivity index (χ3v) is 4.06. The predicted octanol–water partition coefficient (Wildman–Crippen LogP) is -2.08. The smallest absolute Gasteiger partial charge is 0.280 e. The van der Waals surface area contributed by atoms with Crippen LogP contribution in [0.4, 0.5) is 5.95 Å². The van der Waals surface area contributed by atoms with E-state index in [-0.39, 0.29) is 17.1 Å². The number of hydrogen-bond donors (Lipinski definition) is 5. The summed E-state index contributed by atoms with van der Waals surface area (Å²) in [4.78, 5) is 22.2. The third kappa shape index (κ3) is 2.20. The zero-order valence-corrected chi connectivity index (χ0v) is 12.6. The monoisotopic (exact) mass is 409 g/mol. The number of aromatic amines is 1. The van der Waals surface area contributed by atoms with E-state index in [1.54, 1.807) is 0 Å². The number of ether oxygens (including phenoxy) is 1.